The van der Waals surface area contributed by atoms with Crippen LogP contribution in [0.3, 0.4) is 0 Å². The van der Waals surface area contributed by atoms with Gasteiger partial charge < -0.3 is 4.90 Å². The van der Waals surface area contributed by atoms with E-state index in [1.54, 1.807) is 0 Å². The zero-order chi connectivity index (χ0) is 14.1. The van der Waals surface area contributed by atoms with Crippen LogP contribution in [0.5, 0.6) is 0 Å². The molecular formula is C17H21N3. The van der Waals surface area contributed by atoms with E-state index < -0.39 is 0 Å². The third-order valence-corrected chi connectivity index (χ3v) is 3.88. The molecule has 0 unspecified atom stereocenters. The van der Waals surface area contributed by atoms with E-state index in [9.17, 15) is 0 Å². The van der Waals surface area contributed by atoms with Crippen molar-refractivity contribution >= 4 is 11.6 Å². The normalized spacial score (nSPS) is 17.6. The number of para-hydroxylation sites is 1. The first kappa shape index (κ1) is 13.0. The van der Waals surface area contributed by atoms with E-state index >= 15 is 0 Å². The van der Waals surface area contributed by atoms with Gasteiger partial charge in [-0.25, -0.2) is 4.99 Å². The summed E-state index contributed by atoms with van der Waals surface area (Å²) in [7, 11) is 2.13. The van der Waals surface area contributed by atoms with Crippen LogP contribution in [0.15, 0.2) is 52.8 Å². The molecule has 3 rings (SSSR count). The van der Waals surface area contributed by atoms with Crippen molar-refractivity contribution in [2.45, 2.75) is 33.2 Å². The third-order valence-electron chi connectivity index (χ3n) is 3.88. The molecule has 104 valence electrons. The van der Waals surface area contributed by atoms with Crippen molar-refractivity contribution in [3.8, 4) is 0 Å². The summed E-state index contributed by atoms with van der Waals surface area (Å²) in [6.07, 6.45) is 6.53. The molecule has 0 spiro atoms. The van der Waals surface area contributed by atoms with Gasteiger partial charge >= 0.3 is 0 Å². The third kappa shape index (κ3) is 1.85. The highest BCUT2D eigenvalue weighted by atomic mass is 15.4. The lowest BCUT2D eigenvalue weighted by Crippen LogP contribution is -2.36. The van der Waals surface area contributed by atoms with Crippen molar-refractivity contribution in [2.24, 2.45) is 4.99 Å². The number of guanidine groups is 1. The molecule has 2 aliphatic heterocycles. The molecule has 0 aromatic heterocycles. The SMILES string of the molecule is C/C=C\C1=C(CCC)N(C)C2=NCc3ccccc3N21. The molecule has 1 aromatic carbocycles. The zero-order valence-electron chi connectivity index (χ0n) is 12.4. The molecule has 1 aromatic rings. The molecule has 0 aliphatic carbocycles. The number of fused-ring (bicyclic) bond motifs is 3. The van der Waals surface area contributed by atoms with Crippen LogP contribution in [-0.4, -0.2) is 17.9 Å². The van der Waals surface area contributed by atoms with Gasteiger partial charge in [-0.3, -0.25) is 4.90 Å². The van der Waals surface area contributed by atoms with Gasteiger partial charge in [0.1, 0.15) is 0 Å². The lowest BCUT2D eigenvalue weighted by atomic mass is 10.1. The minimum atomic E-state index is 0.773. The Bertz CT molecular complexity index is 610. The number of rotatable bonds is 3. The summed E-state index contributed by atoms with van der Waals surface area (Å²) in [6, 6.07) is 8.55. The van der Waals surface area contributed by atoms with Gasteiger partial charge in [-0.05, 0) is 31.1 Å². The van der Waals surface area contributed by atoms with E-state index in [1.165, 1.54) is 22.6 Å². The van der Waals surface area contributed by atoms with Gasteiger partial charge in [0.15, 0.2) is 0 Å². The van der Waals surface area contributed by atoms with Gasteiger partial charge in [0.2, 0.25) is 5.96 Å². The molecule has 0 saturated heterocycles. The molecule has 0 fully saturated rings. The fourth-order valence-electron chi connectivity index (χ4n) is 2.97. The molecule has 2 aliphatic rings. The summed E-state index contributed by atoms with van der Waals surface area (Å²) < 4.78 is 0. The average molecular weight is 267 g/mol. The van der Waals surface area contributed by atoms with Crippen LogP contribution in [0.1, 0.15) is 32.3 Å². The number of hydrogen-bond donors (Lipinski definition) is 0. The standard InChI is InChI=1S/C17H21N3/c1-4-8-15-16(9-5-2)20-14-11-7-6-10-13(14)12-18-17(20)19(15)3/h5-7,9-11H,4,8,12H2,1-3H3/b9-5-. The molecule has 3 heteroatoms. The van der Waals surface area contributed by atoms with Crippen molar-refractivity contribution in [3.05, 3.63) is 53.4 Å². The number of nitrogens with zero attached hydrogens (tertiary/aromatic N) is 3. The Kier molecular flexibility index (Phi) is 3.35. The van der Waals surface area contributed by atoms with Crippen LogP contribution in [0.2, 0.25) is 0 Å². The first-order chi connectivity index (χ1) is 9.77. The van der Waals surface area contributed by atoms with Crippen LogP contribution < -0.4 is 4.90 Å². The Labute approximate surface area is 120 Å². The summed E-state index contributed by atoms with van der Waals surface area (Å²) in [5, 5.41) is 0. The Morgan fingerprint density at radius 2 is 2.10 bits per heavy atom. The summed E-state index contributed by atoms with van der Waals surface area (Å²) in [5.41, 5.74) is 5.19. The topological polar surface area (TPSA) is 18.8 Å². The number of anilines is 1. The lowest BCUT2D eigenvalue weighted by Gasteiger charge is -2.28. The van der Waals surface area contributed by atoms with Gasteiger partial charge in [-0.1, -0.05) is 37.6 Å². The maximum atomic E-state index is 4.77. The second-order valence-corrected chi connectivity index (χ2v) is 5.22. The second kappa shape index (κ2) is 5.16. The Morgan fingerprint density at radius 3 is 2.85 bits per heavy atom. The smallest absolute Gasteiger partial charge is 0.210 e. The van der Waals surface area contributed by atoms with Crippen molar-refractivity contribution in [1.82, 2.24) is 4.90 Å². The quantitative estimate of drug-likeness (QED) is 0.827. The monoisotopic (exact) mass is 267 g/mol. The summed E-state index contributed by atoms with van der Waals surface area (Å²) in [6.45, 7) is 5.07. The number of allylic oxidation sites excluding steroid dienone is 3. The maximum Gasteiger partial charge on any atom is 0.210 e. The Balaban J connectivity index is 2.15. The van der Waals surface area contributed by atoms with E-state index in [0.29, 0.717) is 0 Å². The predicted octanol–water partition coefficient (Wildman–Crippen LogP) is 3.90. The molecule has 0 radical (unpaired) electrons. The van der Waals surface area contributed by atoms with E-state index in [-0.39, 0.29) is 0 Å². The highest BCUT2D eigenvalue weighted by Gasteiger charge is 2.35. The highest BCUT2D eigenvalue weighted by molar-refractivity contribution is 6.05. The van der Waals surface area contributed by atoms with Crippen LogP contribution >= 0.6 is 0 Å². The summed E-state index contributed by atoms with van der Waals surface area (Å²) >= 11 is 0. The molecule has 0 saturated carbocycles. The molecule has 0 atom stereocenters. The van der Waals surface area contributed by atoms with E-state index in [1.807, 2.05) is 0 Å². The molecule has 0 N–H and O–H groups in total. The molecule has 0 bridgehead atoms. The van der Waals surface area contributed by atoms with Crippen molar-refractivity contribution < 1.29 is 0 Å². The van der Waals surface area contributed by atoms with Gasteiger partial charge in [-0.2, -0.15) is 0 Å². The lowest BCUT2D eigenvalue weighted by molar-refractivity contribution is 0.589. The Hall–Kier alpha value is -2.03. The van der Waals surface area contributed by atoms with Gasteiger partial charge in [0.05, 0.1) is 17.9 Å². The minimum Gasteiger partial charge on any atom is -0.317 e. The first-order valence-electron chi connectivity index (χ1n) is 7.30. The molecule has 2 heterocycles. The van der Waals surface area contributed by atoms with Gasteiger partial charge in [0.25, 0.3) is 0 Å². The largest absolute Gasteiger partial charge is 0.317 e. The number of aliphatic imine (C=N–C) groups is 1. The fourth-order valence-corrected chi connectivity index (χ4v) is 2.97. The fraction of sp³-hybridized carbons (Fsp3) is 0.353. The summed E-state index contributed by atoms with van der Waals surface area (Å²) in [5.74, 6) is 1.06. The Morgan fingerprint density at radius 1 is 1.30 bits per heavy atom. The van der Waals surface area contributed by atoms with E-state index in [0.717, 1.165) is 25.3 Å². The number of benzene rings is 1. The molecular weight excluding hydrogens is 246 g/mol. The molecule has 20 heavy (non-hydrogen) atoms. The second-order valence-electron chi connectivity index (χ2n) is 5.22. The van der Waals surface area contributed by atoms with Gasteiger partial charge in [0, 0.05) is 12.7 Å². The van der Waals surface area contributed by atoms with Crippen molar-refractivity contribution in [3.63, 3.8) is 0 Å². The van der Waals surface area contributed by atoms with Crippen molar-refractivity contribution in [2.75, 3.05) is 11.9 Å². The first-order valence-corrected chi connectivity index (χ1v) is 7.30. The van der Waals surface area contributed by atoms with Crippen LogP contribution in [0.25, 0.3) is 0 Å². The van der Waals surface area contributed by atoms with Crippen LogP contribution in [0.4, 0.5) is 5.69 Å². The average Bonchev–Trinajstić information content (AvgIpc) is 2.74. The summed E-state index contributed by atoms with van der Waals surface area (Å²) in [4.78, 5) is 9.31. The molecule has 0 amide bonds. The molecule has 3 nitrogen and oxygen atoms in total. The predicted molar refractivity (Wildman–Crippen MR) is 84.6 cm³/mol. The van der Waals surface area contributed by atoms with Gasteiger partial charge in [-0.15, -0.1) is 0 Å². The highest BCUT2D eigenvalue weighted by Crippen LogP contribution is 2.37. The maximum absolute atomic E-state index is 4.77. The van der Waals surface area contributed by atoms with Crippen LogP contribution in [0, 0.1) is 0 Å². The number of hydrogen-bond acceptors (Lipinski definition) is 3. The van der Waals surface area contributed by atoms with Crippen molar-refractivity contribution in [1.29, 1.82) is 0 Å². The van der Waals surface area contributed by atoms with E-state index in [2.05, 4.69) is 67.1 Å². The zero-order valence-corrected chi connectivity index (χ0v) is 12.4. The minimum absolute atomic E-state index is 0.773. The van der Waals surface area contributed by atoms with E-state index in [4.69, 9.17) is 4.99 Å². The van der Waals surface area contributed by atoms with Crippen LogP contribution in [-0.2, 0) is 6.54 Å².